The lowest BCUT2D eigenvalue weighted by Gasteiger charge is -2.32. The number of hydrogen-bond donors (Lipinski definition) is 1. The Morgan fingerprint density at radius 2 is 1.61 bits per heavy atom. The number of rotatable bonds is 3. The molecule has 3 heterocycles. The summed E-state index contributed by atoms with van der Waals surface area (Å²) in [7, 11) is -4.43. The van der Waals surface area contributed by atoms with Crippen LogP contribution in [0.2, 0.25) is 0 Å². The highest BCUT2D eigenvalue weighted by atomic mass is 32.2. The van der Waals surface area contributed by atoms with Gasteiger partial charge in [-0.1, -0.05) is 18.2 Å². The normalized spacial score (nSPS) is 18.7. The van der Waals surface area contributed by atoms with E-state index >= 15 is 0 Å². The largest absolute Gasteiger partial charge is 0.495 e. The van der Waals surface area contributed by atoms with Crippen molar-refractivity contribution in [1.82, 2.24) is 9.97 Å². The van der Waals surface area contributed by atoms with E-state index in [2.05, 4.69) is 9.97 Å². The van der Waals surface area contributed by atoms with E-state index in [1.165, 1.54) is 0 Å². The molecule has 1 N–H and O–H groups in total. The third-order valence-corrected chi connectivity index (χ3v) is 7.63. The Hall–Kier alpha value is -2.16. The molecule has 146 valence electrons. The molecule has 2 aromatic heterocycles. The van der Waals surface area contributed by atoms with E-state index in [0.29, 0.717) is 22.2 Å². The van der Waals surface area contributed by atoms with Crippen LogP contribution in [0.1, 0.15) is 33.4 Å². The minimum absolute atomic E-state index is 0.214. The molecule has 0 bridgehead atoms. The number of aromatic nitrogens is 2. The maximum atomic E-state index is 13.4. The van der Waals surface area contributed by atoms with Crippen LogP contribution in [-0.2, 0) is 19.1 Å². The minimum atomic E-state index is -3.74. The first-order valence-corrected chi connectivity index (χ1v) is 10.7. The molecule has 0 aliphatic carbocycles. The molecule has 0 spiro atoms. The van der Waals surface area contributed by atoms with Gasteiger partial charge in [0.1, 0.15) is 10.5 Å². The highest BCUT2D eigenvalue weighted by Crippen LogP contribution is 2.38. The Morgan fingerprint density at radius 1 is 1.00 bits per heavy atom. The van der Waals surface area contributed by atoms with Gasteiger partial charge in [0.2, 0.25) is 9.84 Å². The smallest absolute Gasteiger partial charge is 0.399 e. The number of pyridine rings is 1. The fourth-order valence-electron chi connectivity index (χ4n) is 3.45. The molecule has 1 aromatic carbocycles. The molecule has 0 unspecified atom stereocenters. The molecule has 6 nitrogen and oxygen atoms in total. The molecule has 0 atom stereocenters. The molecule has 0 saturated carbocycles. The topological polar surface area (TPSA) is 81.3 Å². The highest BCUT2D eigenvalue weighted by molar-refractivity contribution is 7.91. The van der Waals surface area contributed by atoms with Crippen LogP contribution in [0.15, 0.2) is 52.4 Å². The standard InChI is InChI=1S/C20H23BN2O4S/c1-13-17(28(24,25)14-9-7-6-8-10-14)16-15(11-12-22-18(16)23-13)21-26-19(2,3)20(4,5)27-21/h6-12H,1-5H3,(H,22,23). The van der Waals surface area contributed by atoms with Crippen molar-refractivity contribution in [1.29, 1.82) is 0 Å². The maximum absolute atomic E-state index is 13.4. The van der Waals surface area contributed by atoms with E-state index in [4.69, 9.17) is 9.31 Å². The Balaban J connectivity index is 1.95. The summed E-state index contributed by atoms with van der Waals surface area (Å²) >= 11 is 0. The zero-order chi connectivity index (χ0) is 20.3. The van der Waals surface area contributed by atoms with Gasteiger partial charge in [-0.2, -0.15) is 0 Å². The number of fused-ring (bicyclic) bond motifs is 1. The molecular weight excluding hydrogens is 375 g/mol. The fourth-order valence-corrected chi connectivity index (χ4v) is 5.14. The van der Waals surface area contributed by atoms with Crippen LogP contribution in [0, 0.1) is 6.92 Å². The predicted molar refractivity (Wildman–Crippen MR) is 108 cm³/mol. The van der Waals surface area contributed by atoms with Gasteiger partial charge in [0, 0.05) is 17.3 Å². The van der Waals surface area contributed by atoms with Gasteiger partial charge in [0.25, 0.3) is 0 Å². The monoisotopic (exact) mass is 398 g/mol. The summed E-state index contributed by atoms with van der Waals surface area (Å²) in [5.41, 5.74) is 0.630. The van der Waals surface area contributed by atoms with E-state index in [1.807, 2.05) is 27.7 Å². The second-order valence-electron chi connectivity index (χ2n) is 8.11. The summed E-state index contributed by atoms with van der Waals surface area (Å²) < 4.78 is 39.2. The van der Waals surface area contributed by atoms with Crippen LogP contribution in [-0.4, -0.2) is 36.7 Å². The zero-order valence-corrected chi connectivity index (χ0v) is 17.4. The van der Waals surface area contributed by atoms with Crippen molar-refractivity contribution in [2.45, 2.75) is 55.6 Å². The van der Waals surface area contributed by atoms with Gasteiger partial charge in [-0.3, -0.25) is 0 Å². The molecule has 0 amide bonds. The van der Waals surface area contributed by atoms with Gasteiger partial charge in [-0.15, -0.1) is 0 Å². The number of nitrogens with one attached hydrogen (secondary N) is 1. The summed E-state index contributed by atoms with van der Waals surface area (Å²) in [5, 5.41) is 0.516. The van der Waals surface area contributed by atoms with Crippen molar-refractivity contribution >= 4 is 33.5 Å². The quantitative estimate of drug-likeness (QED) is 0.686. The van der Waals surface area contributed by atoms with Crippen molar-refractivity contribution in [2.24, 2.45) is 0 Å². The Bertz CT molecular complexity index is 1140. The molecular formula is C20H23BN2O4S. The van der Waals surface area contributed by atoms with Crippen molar-refractivity contribution in [3.05, 3.63) is 48.3 Å². The van der Waals surface area contributed by atoms with Crippen LogP contribution in [0.25, 0.3) is 11.0 Å². The van der Waals surface area contributed by atoms with E-state index in [1.54, 1.807) is 49.5 Å². The minimum Gasteiger partial charge on any atom is -0.399 e. The van der Waals surface area contributed by atoms with Crippen LogP contribution in [0.5, 0.6) is 0 Å². The molecule has 1 aliphatic heterocycles. The summed E-state index contributed by atoms with van der Waals surface area (Å²) in [4.78, 5) is 7.90. The molecule has 0 radical (unpaired) electrons. The third-order valence-electron chi connectivity index (χ3n) is 5.69. The van der Waals surface area contributed by atoms with Crippen LogP contribution < -0.4 is 5.46 Å². The predicted octanol–water partition coefficient (Wildman–Crippen LogP) is 3.00. The SMILES string of the molecule is Cc1[nH]c2nccc(B3OC(C)(C)C(C)(C)O3)c2c1S(=O)(=O)c1ccccc1. The summed E-state index contributed by atoms with van der Waals surface area (Å²) in [6.45, 7) is 9.61. The van der Waals surface area contributed by atoms with Crippen molar-refractivity contribution in [2.75, 3.05) is 0 Å². The molecule has 28 heavy (non-hydrogen) atoms. The van der Waals surface area contributed by atoms with E-state index in [-0.39, 0.29) is 9.79 Å². The lowest BCUT2D eigenvalue weighted by Crippen LogP contribution is -2.41. The van der Waals surface area contributed by atoms with Gasteiger partial charge in [-0.05, 0) is 58.3 Å². The second kappa shape index (κ2) is 6.17. The summed E-state index contributed by atoms with van der Waals surface area (Å²) in [5.74, 6) is 0. The van der Waals surface area contributed by atoms with E-state index in [0.717, 1.165) is 0 Å². The average molecular weight is 398 g/mol. The second-order valence-corrected chi connectivity index (χ2v) is 9.99. The van der Waals surface area contributed by atoms with Gasteiger partial charge in [0.15, 0.2) is 0 Å². The lowest BCUT2D eigenvalue weighted by molar-refractivity contribution is 0.00578. The zero-order valence-electron chi connectivity index (χ0n) is 16.6. The first-order valence-electron chi connectivity index (χ1n) is 9.17. The number of benzene rings is 1. The number of sulfone groups is 1. The molecule has 1 saturated heterocycles. The lowest BCUT2D eigenvalue weighted by atomic mass is 9.78. The van der Waals surface area contributed by atoms with Crippen molar-refractivity contribution < 1.29 is 17.7 Å². The molecule has 1 fully saturated rings. The summed E-state index contributed by atoms with van der Waals surface area (Å²) in [6.07, 6.45) is 1.64. The Morgan fingerprint density at radius 3 is 2.21 bits per heavy atom. The fraction of sp³-hybridized carbons (Fsp3) is 0.350. The van der Waals surface area contributed by atoms with E-state index in [9.17, 15) is 8.42 Å². The van der Waals surface area contributed by atoms with Crippen LogP contribution in [0.4, 0.5) is 0 Å². The van der Waals surface area contributed by atoms with Crippen LogP contribution in [0.3, 0.4) is 0 Å². The molecule has 8 heteroatoms. The Labute approximate surface area is 165 Å². The van der Waals surface area contributed by atoms with Crippen molar-refractivity contribution in [3.63, 3.8) is 0 Å². The number of aromatic amines is 1. The first-order chi connectivity index (χ1) is 13.0. The number of H-pyrrole nitrogens is 1. The van der Waals surface area contributed by atoms with Gasteiger partial charge >= 0.3 is 7.12 Å². The average Bonchev–Trinajstić information content (AvgIpc) is 3.07. The Kier molecular flexibility index (Phi) is 4.23. The number of hydrogen-bond acceptors (Lipinski definition) is 5. The molecule has 4 rings (SSSR count). The number of aryl methyl sites for hydroxylation is 1. The molecule has 1 aliphatic rings. The number of nitrogens with zero attached hydrogens (tertiary/aromatic N) is 1. The van der Waals surface area contributed by atoms with Gasteiger partial charge in [0.05, 0.1) is 16.1 Å². The van der Waals surface area contributed by atoms with Gasteiger partial charge in [-0.25, -0.2) is 13.4 Å². The first kappa shape index (κ1) is 19.2. The maximum Gasteiger partial charge on any atom is 0.495 e. The summed E-state index contributed by atoms with van der Waals surface area (Å²) in [6, 6.07) is 10.2. The third kappa shape index (κ3) is 2.79. The molecule has 3 aromatic rings. The van der Waals surface area contributed by atoms with E-state index < -0.39 is 28.2 Å². The van der Waals surface area contributed by atoms with Crippen LogP contribution >= 0.6 is 0 Å². The van der Waals surface area contributed by atoms with Gasteiger partial charge < -0.3 is 14.3 Å². The van der Waals surface area contributed by atoms with Crippen molar-refractivity contribution in [3.8, 4) is 0 Å². The highest BCUT2D eigenvalue weighted by Gasteiger charge is 2.52.